The third kappa shape index (κ3) is 3.81. The van der Waals surface area contributed by atoms with Gasteiger partial charge in [-0.2, -0.15) is 0 Å². The number of pyridine rings is 1. The number of carbonyl (C=O) groups is 1. The molecule has 0 aromatic carbocycles. The van der Waals surface area contributed by atoms with Crippen molar-refractivity contribution in [2.75, 3.05) is 0 Å². The highest BCUT2D eigenvalue weighted by atomic mass is 16.1. The van der Waals surface area contributed by atoms with Gasteiger partial charge in [0.15, 0.2) is 5.78 Å². The van der Waals surface area contributed by atoms with Crippen LogP contribution in [0.15, 0.2) is 23.1 Å². The third-order valence-electron chi connectivity index (χ3n) is 3.49. The summed E-state index contributed by atoms with van der Waals surface area (Å²) < 4.78 is 1.73. The molecule has 1 fully saturated rings. The van der Waals surface area contributed by atoms with E-state index in [2.05, 4.69) is 6.92 Å². The minimum absolute atomic E-state index is 0.0499. The second-order valence-corrected chi connectivity index (χ2v) is 6.75. The van der Waals surface area contributed by atoms with Crippen LogP contribution in [0.1, 0.15) is 71.2 Å². The molecule has 2 rings (SSSR count). The van der Waals surface area contributed by atoms with E-state index in [-0.39, 0.29) is 22.3 Å². The summed E-state index contributed by atoms with van der Waals surface area (Å²) >= 11 is 0. The highest BCUT2D eigenvalue weighted by molar-refractivity contribution is 5.96. The van der Waals surface area contributed by atoms with Gasteiger partial charge in [-0.15, -0.1) is 0 Å². The van der Waals surface area contributed by atoms with Crippen molar-refractivity contribution in [3.8, 4) is 0 Å². The summed E-state index contributed by atoms with van der Waals surface area (Å²) in [6.45, 7) is 12.1. The van der Waals surface area contributed by atoms with Crippen LogP contribution in [-0.4, -0.2) is 10.4 Å². The fraction of sp³-hybridized carbons (Fsp3) is 0.647. The lowest BCUT2D eigenvalue weighted by molar-refractivity contribution is 0.0937. The molecule has 0 amide bonds. The van der Waals surface area contributed by atoms with Gasteiger partial charge in [-0.3, -0.25) is 9.59 Å². The molecule has 3 nitrogen and oxygen atoms in total. The van der Waals surface area contributed by atoms with Gasteiger partial charge < -0.3 is 4.57 Å². The van der Waals surface area contributed by atoms with E-state index < -0.39 is 0 Å². The molecule has 1 aromatic rings. The summed E-state index contributed by atoms with van der Waals surface area (Å²) in [5, 5.41) is 0. The zero-order valence-corrected chi connectivity index (χ0v) is 13.6. The second kappa shape index (κ2) is 5.94. The van der Waals surface area contributed by atoms with Crippen molar-refractivity contribution in [2.45, 2.75) is 66.3 Å². The second-order valence-electron chi connectivity index (χ2n) is 6.75. The molecule has 1 aromatic heterocycles. The minimum Gasteiger partial charge on any atom is -0.309 e. The molecule has 1 aliphatic carbocycles. The first-order valence-electron chi connectivity index (χ1n) is 7.48. The van der Waals surface area contributed by atoms with Crippen LogP contribution in [-0.2, 0) is 5.54 Å². The predicted octanol–water partition coefficient (Wildman–Crippen LogP) is 4.00. The van der Waals surface area contributed by atoms with Crippen molar-refractivity contribution in [3.63, 3.8) is 0 Å². The fourth-order valence-electron chi connectivity index (χ4n) is 2.13. The summed E-state index contributed by atoms with van der Waals surface area (Å²) in [5.41, 5.74) is 0.0512. The van der Waals surface area contributed by atoms with Gasteiger partial charge in [0, 0.05) is 18.2 Å². The quantitative estimate of drug-likeness (QED) is 0.783. The first-order valence-corrected chi connectivity index (χ1v) is 7.48. The molecule has 3 heteroatoms. The summed E-state index contributed by atoms with van der Waals surface area (Å²) in [7, 11) is 0. The van der Waals surface area contributed by atoms with E-state index in [9.17, 15) is 9.59 Å². The van der Waals surface area contributed by atoms with Crippen molar-refractivity contribution < 1.29 is 4.79 Å². The zero-order chi connectivity index (χ0) is 15.6. The molecule has 1 aliphatic rings. The van der Waals surface area contributed by atoms with Crippen molar-refractivity contribution in [1.82, 2.24) is 4.57 Å². The molecule has 1 heterocycles. The molecule has 0 bridgehead atoms. The van der Waals surface area contributed by atoms with Crippen LogP contribution in [0.5, 0.6) is 0 Å². The lowest BCUT2D eigenvalue weighted by atomic mass is 9.88. The molecular weight excluding hydrogens is 250 g/mol. The molecule has 1 saturated carbocycles. The maximum atomic E-state index is 12.3. The summed E-state index contributed by atoms with van der Waals surface area (Å²) in [4.78, 5) is 24.5. The maximum Gasteiger partial charge on any atom is 0.261 e. The molecule has 0 N–H and O–H groups in total. The monoisotopic (exact) mass is 277 g/mol. The number of rotatable bonds is 3. The number of aromatic nitrogens is 1. The third-order valence-corrected chi connectivity index (χ3v) is 3.49. The maximum absolute atomic E-state index is 12.3. The van der Waals surface area contributed by atoms with E-state index in [4.69, 9.17) is 0 Å². The largest absolute Gasteiger partial charge is 0.309 e. The average Bonchev–Trinajstić information content (AvgIpc) is 3.09. The summed E-state index contributed by atoms with van der Waals surface area (Å²) in [6, 6.07) is 3.46. The van der Waals surface area contributed by atoms with E-state index >= 15 is 0 Å². The lowest BCUT2D eigenvalue weighted by Gasteiger charge is -2.18. The fourth-order valence-corrected chi connectivity index (χ4v) is 2.13. The van der Waals surface area contributed by atoms with E-state index in [1.165, 1.54) is 0 Å². The van der Waals surface area contributed by atoms with Crippen LogP contribution < -0.4 is 5.56 Å². The molecule has 0 spiro atoms. The Balaban J connectivity index is 0.000000956. The Hall–Kier alpha value is -1.38. The molecule has 0 aliphatic heterocycles. The van der Waals surface area contributed by atoms with Crippen LogP contribution in [0.3, 0.4) is 0 Å². The SMILES string of the molecule is CC.CC(C)(C)CC(=O)c1cccn(C2(C)CC2)c1=O. The van der Waals surface area contributed by atoms with Crippen LogP contribution in [0.25, 0.3) is 0 Å². The molecule has 20 heavy (non-hydrogen) atoms. The standard InChI is InChI=1S/C15H21NO2.C2H6/c1-14(2,3)10-12(17)11-6-5-9-16(13(11)18)15(4)7-8-15;1-2/h5-6,9H,7-8,10H2,1-4H3;1-2H3. The number of carbonyl (C=O) groups excluding carboxylic acids is 1. The van der Waals surface area contributed by atoms with Crippen LogP contribution >= 0.6 is 0 Å². The van der Waals surface area contributed by atoms with Gasteiger partial charge >= 0.3 is 0 Å². The summed E-state index contributed by atoms with van der Waals surface area (Å²) in [5.74, 6) is -0.0499. The Morgan fingerprint density at radius 3 is 2.30 bits per heavy atom. The van der Waals surface area contributed by atoms with E-state index in [1.54, 1.807) is 22.9 Å². The Morgan fingerprint density at radius 2 is 1.85 bits per heavy atom. The Labute approximate surface area is 122 Å². The highest BCUT2D eigenvalue weighted by Gasteiger charge is 2.40. The van der Waals surface area contributed by atoms with E-state index in [1.807, 2.05) is 34.6 Å². The van der Waals surface area contributed by atoms with Gasteiger partial charge in [-0.25, -0.2) is 0 Å². The van der Waals surface area contributed by atoms with Crippen LogP contribution in [0, 0.1) is 5.41 Å². The Bertz CT molecular complexity index is 531. The van der Waals surface area contributed by atoms with Gasteiger partial charge in [-0.05, 0) is 37.3 Å². The van der Waals surface area contributed by atoms with Gasteiger partial charge in [0.2, 0.25) is 0 Å². The smallest absolute Gasteiger partial charge is 0.261 e. The molecule has 0 radical (unpaired) electrons. The van der Waals surface area contributed by atoms with Gasteiger partial charge in [-0.1, -0.05) is 34.6 Å². The first kappa shape index (κ1) is 16.7. The molecular formula is C17H27NO2. The Morgan fingerprint density at radius 1 is 1.30 bits per heavy atom. The van der Waals surface area contributed by atoms with Crippen LogP contribution in [0.2, 0.25) is 0 Å². The lowest BCUT2D eigenvalue weighted by Crippen LogP contribution is -2.32. The predicted molar refractivity (Wildman–Crippen MR) is 83.3 cm³/mol. The number of ketones is 1. The zero-order valence-electron chi connectivity index (χ0n) is 13.6. The van der Waals surface area contributed by atoms with E-state index in [0.717, 1.165) is 12.8 Å². The molecule has 0 saturated heterocycles. The highest BCUT2D eigenvalue weighted by Crippen LogP contribution is 2.41. The number of Topliss-reactive ketones (excluding diaryl/α,β-unsaturated/α-hetero) is 1. The average molecular weight is 277 g/mol. The van der Waals surface area contributed by atoms with Crippen molar-refractivity contribution in [1.29, 1.82) is 0 Å². The minimum atomic E-state index is -0.133. The molecule has 0 unspecified atom stereocenters. The number of hydrogen-bond donors (Lipinski definition) is 0. The van der Waals surface area contributed by atoms with Crippen LogP contribution in [0.4, 0.5) is 0 Å². The van der Waals surface area contributed by atoms with Crippen molar-refractivity contribution in [3.05, 3.63) is 34.2 Å². The van der Waals surface area contributed by atoms with Crippen molar-refractivity contribution in [2.24, 2.45) is 5.41 Å². The Kier molecular flexibility index (Phi) is 4.95. The number of nitrogens with zero attached hydrogens (tertiary/aromatic N) is 1. The normalized spacial score (nSPS) is 16.1. The van der Waals surface area contributed by atoms with Gasteiger partial charge in [0.1, 0.15) is 0 Å². The van der Waals surface area contributed by atoms with Gasteiger partial charge in [0.25, 0.3) is 5.56 Å². The topological polar surface area (TPSA) is 39.1 Å². The van der Waals surface area contributed by atoms with Gasteiger partial charge in [0.05, 0.1) is 5.56 Å². The van der Waals surface area contributed by atoms with Crippen molar-refractivity contribution >= 4 is 5.78 Å². The summed E-state index contributed by atoms with van der Waals surface area (Å²) in [6.07, 6.45) is 4.24. The first-order chi connectivity index (χ1) is 9.23. The molecule has 0 atom stereocenters. The molecule has 112 valence electrons. The number of hydrogen-bond acceptors (Lipinski definition) is 2. The van der Waals surface area contributed by atoms with E-state index in [0.29, 0.717) is 12.0 Å².